The van der Waals surface area contributed by atoms with Gasteiger partial charge in [-0.25, -0.2) is 4.39 Å². The largest absolute Gasteiger partial charge is 0.298 e. The second kappa shape index (κ2) is 5.76. The summed E-state index contributed by atoms with van der Waals surface area (Å²) < 4.78 is 13.6. The van der Waals surface area contributed by atoms with E-state index >= 15 is 0 Å². The molecule has 0 aromatic carbocycles. The number of Topliss-reactive ketones (excluding diaryl/α,β-unsaturated/α-hetero) is 1. The minimum atomic E-state index is -0.861. The fourth-order valence-electron chi connectivity index (χ4n) is 2.48. The number of likely N-dealkylation sites (tertiary alicyclic amines) is 1. The van der Waals surface area contributed by atoms with E-state index in [-0.39, 0.29) is 37.3 Å². The van der Waals surface area contributed by atoms with Crippen LogP contribution in [0, 0.1) is 5.92 Å². The number of halogens is 1. The number of alkyl halides is 1. The van der Waals surface area contributed by atoms with Crippen molar-refractivity contribution in [2.75, 3.05) is 0 Å². The summed E-state index contributed by atoms with van der Waals surface area (Å²) in [5, 5.41) is 0. The lowest BCUT2D eigenvalue weighted by molar-refractivity contribution is -0.127. The molecule has 0 amide bonds. The number of carbonyl (C=O) groups is 1. The molecule has 0 bridgehead atoms. The maximum atomic E-state index is 13.6. The van der Waals surface area contributed by atoms with Gasteiger partial charge in [0.1, 0.15) is 6.17 Å². The molecule has 0 aromatic rings. The number of hydrogen-bond donors (Lipinski definition) is 0. The molecule has 1 aliphatic heterocycles. The Morgan fingerprint density at radius 3 is 2.19 bits per heavy atom. The van der Waals surface area contributed by atoms with Crippen molar-refractivity contribution in [3.63, 3.8) is 0 Å². The van der Waals surface area contributed by atoms with E-state index < -0.39 is 6.17 Å². The normalized spacial score (nSPS) is 30.9. The van der Waals surface area contributed by atoms with Crippen molar-refractivity contribution in [2.45, 2.75) is 72.8 Å². The summed E-state index contributed by atoms with van der Waals surface area (Å²) in [6, 6.07) is -0.110. The van der Waals surface area contributed by atoms with Gasteiger partial charge < -0.3 is 0 Å². The lowest BCUT2D eigenvalue weighted by Gasteiger charge is -2.31. The zero-order chi connectivity index (χ0) is 11.7. The summed E-state index contributed by atoms with van der Waals surface area (Å²) in [7, 11) is 0. The molecule has 0 saturated carbocycles. The summed E-state index contributed by atoms with van der Waals surface area (Å²) in [4.78, 5) is 14.0. The van der Waals surface area contributed by atoms with Gasteiger partial charge in [-0.1, -0.05) is 21.3 Å². The van der Waals surface area contributed by atoms with Crippen LogP contribution in [0.5, 0.6) is 0 Å². The zero-order valence-electron chi connectivity index (χ0n) is 10.3. The van der Waals surface area contributed by atoms with Gasteiger partial charge in [-0.15, -0.1) is 0 Å². The molecule has 2 nitrogen and oxygen atoms in total. The average Bonchev–Trinajstić information content (AvgIpc) is 2.41. The summed E-state index contributed by atoms with van der Waals surface area (Å²) in [6.45, 7) is 9.69. The van der Waals surface area contributed by atoms with Crippen molar-refractivity contribution < 1.29 is 9.18 Å². The van der Waals surface area contributed by atoms with E-state index in [9.17, 15) is 9.18 Å². The monoisotopic (exact) mass is 231 g/mol. The van der Waals surface area contributed by atoms with Crippen LogP contribution < -0.4 is 0 Å². The maximum Gasteiger partial charge on any atom is 0.152 e. The van der Waals surface area contributed by atoms with E-state index in [2.05, 4.69) is 0 Å². The van der Waals surface area contributed by atoms with Crippen LogP contribution in [-0.2, 0) is 4.79 Å². The number of carbonyl (C=O) groups excluding carboxylic acids is 1. The van der Waals surface area contributed by atoms with Crippen LogP contribution >= 0.6 is 0 Å². The minimum Gasteiger partial charge on any atom is -0.298 e. The summed E-state index contributed by atoms with van der Waals surface area (Å²) >= 11 is 0. The van der Waals surface area contributed by atoms with E-state index in [0.29, 0.717) is 6.42 Å². The Balaban J connectivity index is 0.00000225. The molecule has 1 heterocycles. The summed E-state index contributed by atoms with van der Waals surface area (Å²) in [6.07, 6.45) is -0.490. The Kier molecular flexibility index (Phi) is 5.60. The van der Waals surface area contributed by atoms with Gasteiger partial charge in [-0.05, 0) is 20.8 Å². The van der Waals surface area contributed by atoms with Crippen molar-refractivity contribution in [3.8, 4) is 0 Å². The van der Waals surface area contributed by atoms with Crippen molar-refractivity contribution in [1.82, 2.24) is 4.90 Å². The first-order valence-electron chi connectivity index (χ1n) is 5.81. The predicted octanol–water partition coefficient (Wildman–Crippen LogP) is 3.06. The van der Waals surface area contributed by atoms with Gasteiger partial charge in [0.2, 0.25) is 0 Å². The first-order chi connectivity index (χ1) is 6.86. The number of hydrogen-bond acceptors (Lipinski definition) is 2. The minimum absolute atomic E-state index is 0. The SMILES string of the molecule is C.CC(C)C(=O)[C@@H]1C[C@@H](F)[C@H](C)N1C(C)C. The second-order valence-corrected chi connectivity index (χ2v) is 5.11. The topological polar surface area (TPSA) is 20.3 Å². The van der Waals surface area contributed by atoms with Crippen molar-refractivity contribution in [1.29, 1.82) is 0 Å². The molecule has 1 saturated heterocycles. The molecular weight excluding hydrogens is 205 g/mol. The van der Waals surface area contributed by atoms with Gasteiger partial charge in [0.15, 0.2) is 5.78 Å². The van der Waals surface area contributed by atoms with Crippen LogP contribution in [0.1, 0.15) is 48.5 Å². The highest BCUT2D eigenvalue weighted by Crippen LogP contribution is 2.30. The van der Waals surface area contributed by atoms with E-state index in [1.165, 1.54) is 0 Å². The third-order valence-corrected chi connectivity index (χ3v) is 3.30. The van der Waals surface area contributed by atoms with Gasteiger partial charge in [0, 0.05) is 24.4 Å². The quantitative estimate of drug-likeness (QED) is 0.744. The number of rotatable bonds is 3. The molecule has 16 heavy (non-hydrogen) atoms. The van der Waals surface area contributed by atoms with Gasteiger partial charge >= 0.3 is 0 Å². The van der Waals surface area contributed by atoms with Crippen molar-refractivity contribution in [2.24, 2.45) is 5.92 Å². The molecule has 96 valence electrons. The van der Waals surface area contributed by atoms with E-state index in [0.717, 1.165) is 0 Å². The van der Waals surface area contributed by atoms with Crippen LogP contribution in [0.15, 0.2) is 0 Å². The third-order valence-electron chi connectivity index (χ3n) is 3.30. The highest BCUT2D eigenvalue weighted by atomic mass is 19.1. The van der Waals surface area contributed by atoms with E-state index in [1.807, 2.05) is 39.5 Å². The molecule has 1 aliphatic rings. The Morgan fingerprint density at radius 2 is 1.81 bits per heavy atom. The first-order valence-corrected chi connectivity index (χ1v) is 5.81. The molecular formula is C13H26FNO. The van der Waals surface area contributed by atoms with Crippen molar-refractivity contribution in [3.05, 3.63) is 0 Å². The first kappa shape index (κ1) is 15.6. The van der Waals surface area contributed by atoms with Crippen LogP contribution in [0.2, 0.25) is 0 Å². The Bertz CT molecular complexity index is 240. The molecule has 1 fully saturated rings. The number of ketones is 1. The third kappa shape index (κ3) is 2.82. The average molecular weight is 231 g/mol. The highest BCUT2D eigenvalue weighted by Gasteiger charge is 2.43. The molecule has 0 spiro atoms. The fourth-order valence-corrected chi connectivity index (χ4v) is 2.48. The molecule has 3 atom stereocenters. The van der Waals surface area contributed by atoms with Gasteiger partial charge in [-0.3, -0.25) is 9.69 Å². The predicted molar refractivity (Wildman–Crippen MR) is 66.3 cm³/mol. The molecule has 3 heteroatoms. The standard InChI is InChI=1S/C12H22FNO.CH4/c1-7(2)12(15)11-6-10(13)9(5)14(11)8(3)4;/h7-11H,6H2,1-5H3;1H4/t9-,10+,11-;/m0./s1. The molecule has 0 radical (unpaired) electrons. The molecule has 0 aromatic heterocycles. The maximum absolute atomic E-state index is 13.6. The van der Waals surface area contributed by atoms with Crippen molar-refractivity contribution >= 4 is 5.78 Å². The molecule has 0 unspecified atom stereocenters. The highest BCUT2D eigenvalue weighted by molar-refractivity contribution is 5.86. The van der Waals surface area contributed by atoms with Crippen LogP contribution in [0.3, 0.4) is 0 Å². The zero-order valence-corrected chi connectivity index (χ0v) is 10.3. The van der Waals surface area contributed by atoms with Gasteiger partial charge in [-0.2, -0.15) is 0 Å². The summed E-state index contributed by atoms with van der Waals surface area (Å²) in [5.41, 5.74) is 0. The molecule has 1 rings (SSSR count). The summed E-state index contributed by atoms with van der Waals surface area (Å²) in [5.74, 6) is 0.171. The Hall–Kier alpha value is -0.440. The van der Waals surface area contributed by atoms with Crippen LogP contribution in [-0.4, -0.2) is 35.0 Å². The number of nitrogens with zero attached hydrogens (tertiary/aromatic N) is 1. The smallest absolute Gasteiger partial charge is 0.152 e. The van der Waals surface area contributed by atoms with E-state index in [4.69, 9.17) is 0 Å². The van der Waals surface area contributed by atoms with E-state index in [1.54, 1.807) is 0 Å². The van der Waals surface area contributed by atoms with Gasteiger partial charge in [0.05, 0.1) is 6.04 Å². The van der Waals surface area contributed by atoms with Crippen LogP contribution in [0.25, 0.3) is 0 Å². The lowest BCUT2D eigenvalue weighted by Crippen LogP contribution is -2.45. The lowest BCUT2D eigenvalue weighted by atomic mass is 9.99. The van der Waals surface area contributed by atoms with Crippen LogP contribution in [0.4, 0.5) is 4.39 Å². The second-order valence-electron chi connectivity index (χ2n) is 5.11. The van der Waals surface area contributed by atoms with Gasteiger partial charge in [0.25, 0.3) is 0 Å². The molecule has 0 N–H and O–H groups in total. The fraction of sp³-hybridized carbons (Fsp3) is 0.923. The molecule has 0 aliphatic carbocycles. The Labute approximate surface area is 99.2 Å². The Morgan fingerprint density at radius 1 is 1.31 bits per heavy atom.